The summed E-state index contributed by atoms with van der Waals surface area (Å²) in [6, 6.07) is 14.6. The van der Waals surface area contributed by atoms with Gasteiger partial charge in [0.15, 0.2) is 5.16 Å². The van der Waals surface area contributed by atoms with Crippen LogP contribution in [0.15, 0.2) is 58.5 Å². The molecule has 2 atom stereocenters. The topological polar surface area (TPSA) is 64.0 Å². The predicted octanol–water partition coefficient (Wildman–Crippen LogP) is 4.83. The van der Waals surface area contributed by atoms with Gasteiger partial charge in [-0.2, -0.15) is 0 Å². The summed E-state index contributed by atoms with van der Waals surface area (Å²) in [5.74, 6) is 0.670. The Balaban J connectivity index is 1.63. The van der Waals surface area contributed by atoms with Gasteiger partial charge in [0.25, 0.3) is 5.56 Å². The number of benzene rings is 2. The first-order valence-electron chi connectivity index (χ1n) is 10.2. The number of halogens is 1. The number of hydrogen-bond donors (Lipinski definition) is 1. The van der Waals surface area contributed by atoms with Crippen molar-refractivity contribution < 1.29 is 4.79 Å². The van der Waals surface area contributed by atoms with Crippen LogP contribution in [0.2, 0.25) is 5.02 Å². The summed E-state index contributed by atoms with van der Waals surface area (Å²) in [7, 11) is 0. The van der Waals surface area contributed by atoms with E-state index in [9.17, 15) is 9.59 Å². The van der Waals surface area contributed by atoms with Crippen molar-refractivity contribution in [2.75, 3.05) is 5.75 Å². The SMILES string of the molecule is C[C@@H]1CCCC[C@@H]1NC(=O)CSc1nc2ccccc2c(=O)n1-c1cccc(Cl)c1. The van der Waals surface area contributed by atoms with Crippen LogP contribution in [0.25, 0.3) is 16.6 Å². The van der Waals surface area contributed by atoms with Gasteiger partial charge in [0, 0.05) is 11.1 Å². The summed E-state index contributed by atoms with van der Waals surface area (Å²) in [5, 5.41) is 4.71. The highest BCUT2D eigenvalue weighted by Gasteiger charge is 2.23. The number of carbonyl (C=O) groups excluding carboxylic acids is 1. The second-order valence-electron chi connectivity index (χ2n) is 7.76. The lowest BCUT2D eigenvalue weighted by Crippen LogP contribution is -2.41. The van der Waals surface area contributed by atoms with Crippen LogP contribution in [0.1, 0.15) is 32.6 Å². The molecule has 0 saturated heterocycles. The summed E-state index contributed by atoms with van der Waals surface area (Å²) in [6.07, 6.45) is 4.57. The fourth-order valence-corrected chi connectivity index (χ4v) is 4.97. The Labute approximate surface area is 184 Å². The van der Waals surface area contributed by atoms with Gasteiger partial charge in [-0.25, -0.2) is 4.98 Å². The van der Waals surface area contributed by atoms with Crippen molar-refractivity contribution in [3.05, 3.63) is 63.9 Å². The molecule has 0 radical (unpaired) electrons. The number of nitrogens with zero attached hydrogens (tertiary/aromatic N) is 2. The lowest BCUT2D eigenvalue weighted by atomic mass is 9.86. The molecule has 30 heavy (non-hydrogen) atoms. The van der Waals surface area contributed by atoms with E-state index >= 15 is 0 Å². The second-order valence-corrected chi connectivity index (χ2v) is 9.14. The molecule has 0 spiro atoms. The minimum Gasteiger partial charge on any atom is -0.352 e. The standard InChI is InChI=1S/C23H24ClN3O2S/c1-15-7-2-4-11-19(15)25-21(28)14-30-23-26-20-12-5-3-10-18(20)22(29)27(23)17-9-6-8-16(24)13-17/h3,5-6,8-10,12-13,15,19H,2,4,7,11,14H2,1H3,(H,25,28)/t15-,19+/m1/s1. The second kappa shape index (κ2) is 9.23. The van der Waals surface area contributed by atoms with Gasteiger partial charge >= 0.3 is 0 Å². The predicted molar refractivity (Wildman–Crippen MR) is 123 cm³/mol. The van der Waals surface area contributed by atoms with Crippen LogP contribution >= 0.6 is 23.4 Å². The average Bonchev–Trinajstić information content (AvgIpc) is 2.74. The Kier molecular flexibility index (Phi) is 6.44. The van der Waals surface area contributed by atoms with E-state index in [1.165, 1.54) is 22.7 Å². The molecular formula is C23H24ClN3O2S. The average molecular weight is 442 g/mol. The minimum absolute atomic E-state index is 0.0289. The summed E-state index contributed by atoms with van der Waals surface area (Å²) < 4.78 is 1.54. The smallest absolute Gasteiger partial charge is 0.266 e. The van der Waals surface area contributed by atoms with Crippen LogP contribution in [0.5, 0.6) is 0 Å². The van der Waals surface area contributed by atoms with Crippen molar-refractivity contribution in [2.45, 2.75) is 43.8 Å². The molecule has 156 valence electrons. The van der Waals surface area contributed by atoms with Gasteiger partial charge in [-0.15, -0.1) is 0 Å². The molecule has 7 heteroatoms. The first-order valence-corrected chi connectivity index (χ1v) is 11.6. The van der Waals surface area contributed by atoms with Crippen LogP contribution in [-0.4, -0.2) is 27.3 Å². The van der Waals surface area contributed by atoms with Crippen LogP contribution in [0, 0.1) is 5.92 Å². The zero-order valence-electron chi connectivity index (χ0n) is 16.8. The highest BCUT2D eigenvalue weighted by atomic mass is 35.5. The van der Waals surface area contributed by atoms with Crippen LogP contribution in [0.3, 0.4) is 0 Å². The van der Waals surface area contributed by atoms with E-state index in [-0.39, 0.29) is 23.3 Å². The van der Waals surface area contributed by atoms with E-state index in [0.717, 1.165) is 19.3 Å². The summed E-state index contributed by atoms with van der Waals surface area (Å²) in [5.41, 5.74) is 1.07. The fourth-order valence-electron chi connectivity index (χ4n) is 3.96. The molecule has 3 aromatic rings. The monoisotopic (exact) mass is 441 g/mol. The molecule has 0 unspecified atom stereocenters. The molecule has 1 heterocycles. The van der Waals surface area contributed by atoms with E-state index in [2.05, 4.69) is 17.2 Å². The van der Waals surface area contributed by atoms with Gasteiger partial charge in [0.1, 0.15) is 0 Å². The van der Waals surface area contributed by atoms with Crippen LogP contribution in [0.4, 0.5) is 0 Å². The molecule has 1 saturated carbocycles. The van der Waals surface area contributed by atoms with Crippen molar-refractivity contribution in [1.82, 2.24) is 14.9 Å². The lowest BCUT2D eigenvalue weighted by Gasteiger charge is -2.29. The Morgan fingerprint density at radius 1 is 1.20 bits per heavy atom. The van der Waals surface area contributed by atoms with E-state index in [4.69, 9.17) is 11.6 Å². The maximum atomic E-state index is 13.2. The van der Waals surface area contributed by atoms with Crippen molar-refractivity contribution >= 4 is 40.2 Å². The third-order valence-electron chi connectivity index (χ3n) is 5.60. The Hall–Kier alpha value is -2.31. The zero-order chi connectivity index (χ0) is 21.1. The van der Waals surface area contributed by atoms with E-state index < -0.39 is 0 Å². The highest BCUT2D eigenvalue weighted by molar-refractivity contribution is 7.99. The fraction of sp³-hybridized carbons (Fsp3) is 0.348. The first-order chi connectivity index (χ1) is 14.5. The summed E-state index contributed by atoms with van der Waals surface area (Å²) in [6.45, 7) is 2.19. The molecule has 1 N–H and O–H groups in total. The molecule has 1 aromatic heterocycles. The van der Waals surface area contributed by atoms with Crippen molar-refractivity contribution in [3.63, 3.8) is 0 Å². The maximum Gasteiger partial charge on any atom is 0.266 e. The minimum atomic E-state index is -0.174. The number of aromatic nitrogens is 2. The number of amides is 1. The Morgan fingerprint density at radius 3 is 2.80 bits per heavy atom. The largest absolute Gasteiger partial charge is 0.352 e. The number of thioether (sulfide) groups is 1. The van der Waals surface area contributed by atoms with E-state index in [0.29, 0.717) is 32.7 Å². The molecule has 1 aliphatic carbocycles. The number of fused-ring (bicyclic) bond motifs is 1. The molecule has 1 aliphatic rings. The first kappa shape index (κ1) is 20.9. The van der Waals surface area contributed by atoms with Gasteiger partial charge in [-0.1, -0.05) is 61.3 Å². The molecule has 5 nitrogen and oxygen atoms in total. The molecular weight excluding hydrogens is 418 g/mol. The molecule has 4 rings (SSSR count). The molecule has 0 bridgehead atoms. The van der Waals surface area contributed by atoms with E-state index in [1.54, 1.807) is 24.3 Å². The third kappa shape index (κ3) is 4.55. The quantitative estimate of drug-likeness (QED) is 0.455. The van der Waals surface area contributed by atoms with Crippen LogP contribution < -0.4 is 10.9 Å². The number of hydrogen-bond acceptors (Lipinski definition) is 4. The molecule has 1 fully saturated rings. The lowest BCUT2D eigenvalue weighted by molar-refractivity contribution is -0.119. The van der Waals surface area contributed by atoms with Crippen molar-refractivity contribution in [3.8, 4) is 5.69 Å². The Bertz CT molecular complexity index is 1130. The third-order valence-corrected chi connectivity index (χ3v) is 6.78. The molecule has 0 aliphatic heterocycles. The van der Waals surface area contributed by atoms with Crippen LogP contribution in [-0.2, 0) is 4.79 Å². The number of rotatable bonds is 5. The maximum absolute atomic E-state index is 13.2. The number of carbonyl (C=O) groups is 1. The molecule has 1 amide bonds. The summed E-state index contributed by atoms with van der Waals surface area (Å²) >= 11 is 7.43. The highest BCUT2D eigenvalue weighted by Crippen LogP contribution is 2.25. The van der Waals surface area contributed by atoms with E-state index in [1.807, 2.05) is 24.3 Å². The van der Waals surface area contributed by atoms with Gasteiger partial charge in [0.05, 0.1) is 22.3 Å². The van der Waals surface area contributed by atoms with Gasteiger partial charge in [-0.05, 0) is 49.1 Å². The summed E-state index contributed by atoms with van der Waals surface area (Å²) in [4.78, 5) is 30.5. The zero-order valence-corrected chi connectivity index (χ0v) is 18.4. The van der Waals surface area contributed by atoms with Crippen molar-refractivity contribution in [2.24, 2.45) is 5.92 Å². The van der Waals surface area contributed by atoms with Gasteiger partial charge < -0.3 is 5.32 Å². The number of para-hydroxylation sites is 1. The molecule has 2 aromatic carbocycles. The normalized spacial score (nSPS) is 19.0. The van der Waals surface area contributed by atoms with Crippen molar-refractivity contribution in [1.29, 1.82) is 0 Å². The Morgan fingerprint density at radius 2 is 2.00 bits per heavy atom. The number of nitrogens with one attached hydrogen (secondary N) is 1. The van der Waals surface area contributed by atoms with Gasteiger partial charge in [0.2, 0.25) is 5.91 Å². The van der Waals surface area contributed by atoms with Gasteiger partial charge in [-0.3, -0.25) is 14.2 Å².